The van der Waals surface area contributed by atoms with Gasteiger partial charge in [0, 0.05) is 19.3 Å². The Balaban J connectivity index is 4.05. The monoisotopic (exact) mass is 877 g/mol. The molecule has 0 aromatic heterocycles. The summed E-state index contributed by atoms with van der Waals surface area (Å²) in [4.78, 5) is 37.7. The first-order chi connectivity index (χ1) is 30.3. The average Bonchev–Trinajstić information content (AvgIpc) is 3.26. The molecule has 0 saturated heterocycles. The molecule has 1 unspecified atom stereocenters. The van der Waals surface area contributed by atoms with Gasteiger partial charge in [-0.15, -0.1) is 0 Å². The van der Waals surface area contributed by atoms with Gasteiger partial charge in [0.15, 0.2) is 6.10 Å². The van der Waals surface area contributed by atoms with Gasteiger partial charge >= 0.3 is 17.9 Å². The lowest BCUT2D eigenvalue weighted by Gasteiger charge is -2.18. The van der Waals surface area contributed by atoms with Crippen LogP contribution in [0.4, 0.5) is 0 Å². The highest BCUT2D eigenvalue weighted by atomic mass is 16.6. The van der Waals surface area contributed by atoms with Crippen molar-refractivity contribution in [1.29, 1.82) is 0 Å². The van der Waals surface area contributed by atoms with Crippen LogP contribution in [0.2, 0.25) is 0 Å². The predicted octanol–water partition coefficient (Wildman–Crippen LogP) is 18.1. The molecule has 2 atom stereocenters. The Morgan fingerprint density at radius 3 is 0.919 bits per heavy atom. The number of hydrogen-bond acceptors (Lipinski definition) is 6. The van der Waals surface area contributed by atoms with Crippen molar-refractivity contribution >= 4 is 17.9 Å². The van der Waals surface area contributed by atoms with E-state index in [0.29, 0.717) is 19.3 Å². The molecule has 0 aliphatic rings. The summed E-state index contributed by atoms with van der Waals surface area (Å²) in [7, 11) is 0. The van der Waals surface area contributed by atoms with Crippen LogP contribution in [0.5, 0.6) is 0 Å². The van der Waals surface area contributed by atoms with E-state index in [2.05, 4.69) is 34.6 Å². The number of hydrogen-bond donors (Lipinski definition) is 0. The lowest BCUT2D eigenvalue weighted by atomic mass is 9.99. The molecule has 62 heavy (non-hydrogen) atoms. The maximum absolute atomic E-state index is 12.8. The largest absolute Gasteiger partial charge is 0.462 e. The van der Waals surface area contributed by atoms with Crippen LogP contribution in [-0.4, -0.2) is 37.2 Å². The van der Waals surface area contributed by atoms with Crippen molar-refractivity contribution < 1.29 is 28.6 Å². The molecule has 0 amide bonds. The summed E-state index contributed by atoms with van der Waals surface area (Å²) >= 11 is 0. The fourth-order valence-electron chi connectivity index (χ4n) is 8.49. The minimum absolute atomic E-state index is 0.0641. The Hall–Kier alpha value is -1.59. The number of esters is 3. The van der Waals surface area contributed by atoms with E-state index in [1.54, 1.807) is 0 Å². The fourth-order valence-corrected chi connectivity index (χ4v) is 8.49. The van der Waals surface area contributed by atoms with Gasteiger partial charge in [-0.25, -0.2) is 0 Å². The topological polar surface area (TPSA) is 78.9 Å². The van der Waals surface area contributed by atoms with Crippen molar-refractivity contribution in [2.75, 3.05) is 13.2 Å². The van der Waals surface area contributed by atoms with E-state index in [9.17, 15) is 14.4 Å². The standard InChI is InChI=1S/C56H108O6/c1-6-8-9-34-41-46-54(57)60-49-53(62-56(59)48-43-38-33-29-25-21-17-16-19-23-27-31-36-40-45-52(5)7-2)50-61-55(58)47-42-37-32-28-24-20-15-13-11-10-12-14-18-22-26-30-35-39-44-51(3)4/h51-53H,6-50H2,1-5H3/t52?,53-/m0/s1. The first kappa shape index (κ1) is 60.4. The van der Waals surface area contributed by atoms with E-state index in [1.807, 2.05) is 0 Å². The highest BCUT2D eigenvalue weighted by molar-refractivity contribution is 5.71. The van der Waals surface area contributed by atoms with Gasteiger partial charge in [0.1, 0.15) is 13.2 Å². The number of rotatable bonds is 50. The van der Waals surface area contributed by atoms with Gasteiger partial charge in [-0.05, 0) is 31.1 Å². The van der Waals surface area contributed by atoms with Gasteiger partial charge in [-0.2, -0.15) is 0 Å². The minimum atomic E-state index is -0.760. The van der Waals surface area contributed by atoms with Crippen LogP contribution in [-0.2, 0) is 28.6 Å². The number of carbonyl (C=O) groups excluding carboxylic acids is 3. The molecule has 0 N–H and O–H groups in total. The van der Waals surface area contributed by atoms with Crippen molar-refractivity contribution in [2.24, 2.45) is 11.8 Å². The van der Waals surface area contributed by atoms with E-state index in [1.165, 1.54) is 193 Å². The van der Waals surface area contributed by atoms with Crippen LogP contribution < -0.4 is 0 Å². The van der Waals surface area contributed by atoms with Crippen LogP contribution in [0.25, 0.3) is 0 Å². The third-order valence-electron chi connectivity index (χ3n) is 13.1. The van der Waals surface area contributed by atoms with Gasteiger partial charge in [0.2, 0.25) is 0 Å². The Bertz CT molecular complexity index is 949. The molecule has 368 valence electrons. The first-order valence-corrected chi connectivity index (χ1v) is 27.8. The molecule has 0 aromatic carbocycles. The molecule has 0 aliphatic heterocycles. The van der Waals surface area contributed by atoms with Gasteiger partial charge in [0.05, 0.1) is 0 Å². The molecule has 0 heterocycles. The third kappa shape index (κ3) is 47.9. The van der Waals surface area contributed by atoms with Crippen molar-refractivity contribution in [3.05, 3.63) is 0 Å². The van der Waals surface area contributed by atoms with Crippen molar-refractivity contribution in [1.82, 2.24) is 0 Å². The number of unbranched alkanes of at least 4 members (excludes halogenated alkanes) is 34. The summed E-state index contributed by atoms with van der Waals surface area (Å²) in [5, 5.41) is 0. The SMILES string of the molecule is CCCCCCCC(=O)OC[C@@H](COC(=O)CCCCCCCCCCCCCCCCCCCCC(C)C)OC(=O)CCCCCCCCCCCCCCCCC(C)CC. The molecule has 0 radical (unpaired) electrons. The molecule has 6 nitrogen and oxygen atoms in total. The quantitative estimate of drug-likeness (QED) is 0.0344. The molecule has 0 spiro atoms. The normalized spacial score (nSPS) is 12.5. The molecular formula is C56H108O6. The predicted molar refractivity (Wildman–Crippen MR) is 266 cm³/mol. The molecular weight excluding hydrogens is 769 g/mol. The van der Waals surface area contributed by atoms with Crippen LogP contribution in [0.1, 0.15) is 311 Å². The molecule has 0 aliphatic carbocycles. The summed E-state index contributed by atoms with van der Waals surface area (Å²) in [5.74, 6) is 0.896. The Morgan fingerprint density at radius 1 is 0.339 bits per heavy atom. The smallest absolute Gasteiger partial charge is 0.306 e. The summed E-state index contributed by atoms with van der Waals surface area (Å²) < 4.78 is 16.7. The minimum Gasteiger partial charge on any atom is -0.462 e. The average molecular weight is 877 g/mol. The molecule has 0 aromatic rings. The lowest BCUT2D eigenvalue weighted by molar-refractivity contribution is -0.167. The number of ether oxygens (including phenoxy) is 3. The fraction of sp³-hybridized carbons (Fsp3) is 0.946. The summed E-state index contributed by atoms with van der Waals surface area (Å²) in [5.41, 5.74) is 0. The lowest BCUT2D eigenvalue weighted by Crippen LogP contribution is -2.30. The summed E-state index contributed by atoms with van der Waals surface area (Å²) in [6, 6.07) is 0. The molecule has 0 fully saturated rings. The van der Waals surface area contributed by atoms with Gasteiger partial charge < -0.3 is 14.2 Å². The van der Waals surface area contributed by atoms with E-state index in [4.69, 9.17) is 14.2 Å². The second-order valence-corrected chi connectivity index (χ2v) is 19.9. The zero-order valence-electron chi connectivity index (χ0n) is 42.5. The van der Waals surface area contributed by atoms with Gasteiger partial charge in [-0.3, -0.25) is 14.4 Å². The van der Waals surface area contributed by atoms with E-state index < -0.39 is 6.10 Å². The van der Waals surface area contributed by atoms with E-state index >= 15 is 0 Å². The van der Waals surface area contributed by atoms with Crippen molar-refractivity contribution in [3.63, 3.8) is 0 Å². The van der Waals surface area contributed by atoms with E-state index in [0.717, 1.165) is 76.0 Å². The molecule has 0 bridgehead atoms. The Morgan fingerprint density at radius 2 is 0.613 bits per heavy atom. The van der Waals surface area contributed by atoms with Crippen molar-refractivity contribution in [2.45, 2.75) is 317 Å². The molecule has 0 rings (SSSR count). The van der Waals surface area contributed by atoms with Crippen LogP contribution in [0.15, 0.2) is 0 Å². The van der Waals surface area contributed by atoms with Crippen LogP contribution in [0, 0.1) is 11.8 Å². The maximum atomic E-state index is 12.8. The molecule has 0 saturated carbocycles. The summed E-state index contributed by atoms with van der Waals surface area (Å²) in [6.45, 7) is 11.4. The number of carbonyl (C=O) groups is 3. The van der Waals surface area contributed by atoms with Crippen LogP contribution in [0.3, 0.4) is 0 Å². The van der Waals surface area contributed by atoms with Crippen LogP contribution >= 0.6 is 0 Å². The second-order valence-electron chi connectivity index (χ2n) is 19.9. The van der Waals surface area contributed by atoms with E-state index in [-0.39, 0.29) is 31.1 Å². The second kappa shape index (κ2) is 48.9. The zero-order chi connectivity index (χ0) is 45.4. The highest BCUT2D eigenvalue weighted by Gasteiger charge is 2.19. The maximum Gasteiger partial charge on any atom is 0.306 e. The zero-order valence-corrected chi connectivity index (χ0v) is 42.5. The van der Waals surface area contributed by atoms with Crippen molar-refractivity contribution in [3.8, 4) is 0 Å². The Kier molecular flexibility index (Phi) is 47.6. The Labute approximate surface area is 387 Å². The highest BCUT2D eigenvalue weighted by Crippen LogP contribution is 2.18. The first-order valence-electron chi connectivity index (χ1n) is 27.8. The van der Waals surface area contributed by atoms with Gasteiger partial charge in [-0.1, -0.05) is 272 Å². The molecule has 6 heteroatoms. The third-order valence-corrected chi connectivity index (χ3v) is 13.1. The van der Waals surface area contributed by atoms with Gasteiger partial charge in [0.25, 0.3) is 0 Å². The summed E-state index contributed by atoms with van der Waals surface area (Å²) in [6.07, 6.45) is 51.3.